The molecular formula is C18H12Cl2N2O3. The Bertz CT molecular complexity index is 922. The van der Waals surface area contributed by atoms with Crippen molar-refractivity contribution in [1.82, 2.24) is 10.1 Å². The topological polar surface area (TPSA) is 65.2 Å². The number of hydrogen-bond acceptors (Lipinski definition) is 5. The Morgan fingerprint density at radius 3 is 2.56 bits per heavy atom. The quantitative estimate of drug-likeness (QED) is 0.473. The lowest BCUT2D eigenvalue weighted by Crippen LogP contribution is -2.01. The molecule has 0 aliphatic rings. The molecule has 7 heteroatoms. The fourth-order valence-corrected chi connectivity index (χ4v) is 2.43. The average Bonchev–Trinajstić information content (AvgIpc) is 3.08. The van der Waals surface area contributed by atoms with Gasteiger partial charge >= 0.3 is 5.97 Å². The summed E-state index contributed by atoms with van der Waals surface area (Å²) >= 11 is 12.1. The summed E-state index contributed by atoms with van der Waals surface area (Å²) in [5.74, 6) is -0.0323. The molecule has 1 aromatic heterocycles. The van der Waals surface area contributed by atoms with E-state index in [1.54, 1.807) is 36.4 Å². The number of nitrogens with zero attached hydrogens (tertiary/aromatic N) is 2. The lowest BCUT2D eigenvalue weighted by atomic mass is 10.2. The maximum Gasteiger partial charge on any atom is 0.331 e. The molecule has 0 saturated heterocycles. The first kappa shape index (κ1) is 17.2. The molecule has 0 aliphatic heterocycles. The first-order chi connectivity index (χ1) is 12.1. The third kappa shape index (κ3) is 4.47. The number of rotatable bonds is 5. The number of ether oxygens (including phenoxy) is 1. The molecular weight excluding hydrogens is 363 g/mol. The van der Waals surface area contributed by atoms with E-state index < -0.39 is 5.97 Å². The van der Waals surface area contributed by atoms with E-state index in [2.05, 4.69) is 10.1 Å². The molecule has 0 bridgehead atoms. The summed E-state index contributed by atoms with van der Waals surface area (Å²) in [7, 11) is 0. The number of carbonyl (C=O) groups is 1. The zero-order valence-corrected chi connectivity index (χ0v) is 14.4. The largest absolute Gasteiger partial charge is 0.452 e. The van der Waals surface area contributed by atoms with E-state index in [-0.39, 0.29) is 12.5 Å². The molecule has 2 aromatic carbocycles. The van der Waals surface area contributed by atoms with Gasteiger partial charge in [0.2, 0.25) is 5.82 Å². The van der Waals surface area contributed by atoms with Crippen LogP contribution in [0.3, 0.4) is 0 Å². The van der Waals surface area contributed by atoms with E-state index >= 15 is 0 Å². The summed E-state index contributed by atoms with van der Waals surface area (Å²) in [6.07, 6.45) is 2.86. The monoisotopic (exact) mass is 374 g/mol. The highest BCUT2D eigenvalue weighted by atomic mass is 35.5. The molecule has 5 nitrogen and oxygen atoms in total. The minimum atomic E-state index is -0.544. The number of aromatic nitrogens is 2. The van der Waals surface area contributed by atoms with Gasteiger partial charge in [-0.15, -0.1) is 0 Å². The number of benzene rings is 2. The maximum atomic E-state index is 11.8. The first-order valence-corrected chi connectivity index (χ1v) is 8.06. The number of esters is 1. The molecule has 0 fully saturated rings. The lowest BCUT2D eigenvalue weighted by molar-refractivity contribution is -0.139. The van der Waals surface area contributed by atoms with Crippen LogP contribution in [0, 0.1) is 0 Å². The fraction of sp³-hybridized carbons (Fsp3) is 0.0556. The second-order valence-electron chi connectivity index (χ2n) is 4.95. The van der Waals surface area contributed by atoms with Crippen LogP contribution in [0.15, 0.2) is 59.1 Å². The van der Waals surface area contributed by atoms with Crippen LogP contribution in [0.25, 0.3) is 17.5 Å². The molecule has 0 aliphatic carbocycles. The summed E-state index contributed by atoms with van der Waals surface area (Å²) in [5.41, 5.74) is 1.36. The van der Waals surface area contributed by atoms with E-state index in [4.69, 9.17) is 32.5 Å². The average molecular weight is 375 g/mol. The molecule has 126 valence electrons. The normalized spacial score (nSPS) is 11.0. The standard InChI is InChI=1S/C18H12Cl2N2O3/c19-14-7-3-1-5-12(14)9-10-17(23)24-11-16-21-18(22-25-16)13-6-2-4-8-15(13)20/h1-10H,11H2/b10-9+. The van der Waals surface area contributed by atoms with Gasteiger partial charge in [0.25, 0.3) is 5.89 Å². The Hall–Kier alpha value is -2.63. The van der Waals surface area contributed by atoms with Crippen molar-refractivity contribution >= 4 is 35.2 Å². The first-order valence-electron chi connectivity index (χ1n) is 7.30. The van der Waals surface area contributed by atoms with Crippen molar-refractivity contribution < 1.29 is 14.1 Å². The Kier molecular flexibility index (Phi) is 5.48. The highest BCUT2D eigenvalue weighted by Gasteiger charge is 2.12. The zero-order valence-electron chi connectivity index (χ0n) is 12.9. The summed E-state index contributed by atoms with van der Waals surface area (Å²) < 4.78 is 10.1. The molecule has 0 radical (unpaired) electrons. The summed E-state index contributed by atoms with van der Waals surface area (Å²) in [6, 6.07) is 14.3. The van der Waals surface area contributed by atoms with Crippen LogP contribution in [-0.2, 0) is 16.1 Å². The van der Waals surface area contributed by atoms with Crippen molar-refractivity contribution in [2.24, 2.45) is 0 Å². The summed E-state index contributed by atoms with van der Waals surface area (Å²) in [5, 5.41) is 4.89. The smallest absolute Gasteiger partial charge is 0.331 e. The number of carbonyl (C=O) groups excluding carboxylic acids is 1. The van der Waals surface area contributed by atoms with Gasteiger partial charge in [-0.3, -0.25) is 0 Å². The van der Waals surface area contributed by atoms with Gasteiger partial charge < -0.3 is 9.26 Å². The van der Waals surface area contributed by atoms with Crippen molar-refractivity contribution in [3.8, 4) is 11.4 Å². The third-order valence-electron chi connectivity index (χ3n) is 3.22. The Morgan fingerprint density at radius 1 is 1.08 bits per heavy atom. The van der Waals surface area contributed by atoms with Crippen molar-refractivity contribution in [2.75, 3.05) is 0 Å². The van der Waals surface area contributed by atoms with Crippen LogP contribution in [0.4, 0.5) is 0 Å². The third-order valence-corrected chi connectivity index (χ3v) is 3.90. The van der Waals surface area contributed by atoms with Gasteiger partial charge in [0.1, 0.15) is 0 Å². The van der Waals surface area contributed by atoms with E-state index in [0.717, 1.165) is 5.56 Å². The van der Waals surface area contributed by atoms with Gasteiger partial charge in [0.05, 0.1) is 5.02 Å². The Labute approximate surface area is 153 Å². The van der Waals surface area contributed by atoms with Gasteiger partial charge in [-0.2, -0.15) is 4.98 Å². The number of halogens is 2. The van der Waals surface area contributed by atoms with E-state index in [1.165, 1.54) is 6.08 Å². The molecule has 0 unspecified atom stereocenters. The van der Waals surface area contributed by atoms with Gasteiger partial charge in [-0.05, 0) is 29.8 Å². The predicted octanol–water partition coefficient (Wildman–Crippen LogP) is 4.80. The van der Waals surface area contributed by atoms with Gasteiger partial charge in [0, 0.05) is 16.7 Å². The van der Waals surface area contributed by atoms with Crippen LogP contribution < -0.4 is 0 Å². The van der Waals surface area contributed by atoms with Crippen molar-refractivity contribution in [3.05, 3.63) is 76.1 Å². The van der Waals surface area contributed by atoms with Gasteiger partial charge in [0.15, 0.2) is 6.61 Å². The van der Waals surface area contributed by atoms with E-state index in [1.807, 2.05) is 18.2 Å². The highest BCUT2D eigenvalue weighted by molar-refractivity contribution is 6.33. The molecule has 3 rings (SSSR count). The predicted molar refractivity (Wildman–Crippen MR) is 95.0 cm³/mol. The molecule has 0 amide bonds. The molecule has 3 aromatic rings. The minimum absolute atomic E-state index is 0.136. The van der Waals surface area contributed by atoms with Crippen molar-refractivity contribution in [3.63, 3.8) is 0 Å². The minimum Gasteiger partial charge on any atom is -0.452 e. The number of hydrogen-bond donors (Lipinski definition) is 0. The molecule has 0 atom stereocenters. The Balaban J connectivity index is 1.60. The Morgan fingerprint density at radius 2 is 1.80 bits per heavy atom. The maximum absolute atomic E-state index is 11.8. The summed E-state index contributed by atoms with van der Waals surface area (Å²) in [4.78, 5) is 15.9. The molecule has 0 N–H and O–H groups in total. The van der Waals surface area contributed by atoms with Crippen LogP contribution in [0.5, 0.6) is 0 Å². The van der Waals surface area contributed by atoms with Gasteiger partial charge in [-0.1, -0.05) is 58.7 Å². The van der Waals surface area contributed by atoms with Gasteiger partial charge in [-0.25, -0.2) is 4.79 Å². The molecule has 0 spiro atoms. The van der Waals surface area contributed by atoms with Crippen LogP contribution in [0.1, 0.15) is 11.5 Å². The van der Waals surface area contributed by atoms with Crippen LogP contribution >= 0.6 is 23.2 Å². The second kappa shape index (κ2) is 7.96. The zero-order chi connectivity index (χ0) is 17.6. The SMILES string of the molecule is O=C(/C=C/c1ccccc1Cl)OCc1nc(-c2ccccc2Cl)no1. The van der Waals surface area contributed by atoms with Crippen LogP contribution in [-0.4, -0.2) is 16.1 Å². The van der Waals surface area contributed by atoms with E-state index in [9.17, 15) is 4.79 Å². The fourth-order valence-electron chi connectivity index (χ4n) is 2.01. The lowest BCUT2D eigenvalue weighted by Gasteiger charge is -1.98. The molecule has 25 heavy (non-hydrogen) atoms. The second-order valence-corrected chi connectivity index (χ2v) is 5.77. The van der Waals surface area contributed by atoms with E-state index in [0.29, 0.717) is 21.4 Å². The highest BCUT2D eigenvalue weighted by Crippen LogP contribution is 2.25. The van der Waals surface area contributed by atoms with Crippen molar-refractivity contribution in [2.45, 2.75) is 6.61 Å². The molecule has 0 saturated carbocycles. The van der Waals surface area contributed by atoms with Crippen LogP contribution in [0.2, 0.25) is 10.0 Å². The van der Waals surface area contributed by atoms with Crippen molar-refractivity contribution in [1.29, 1.82) is 0 Å². The molecule has 1 heterocycles. The summed E-state index contributed by atoms with van der Waals surface area (Å²) in [6.45, 7) is -0.136.